The average molecular weight is 343 g/mol. The van der Waals surface area contributed by atoms with Crippen LogP contribution >= 0.6 is 0 Å². The highest BCUT2D eigenvalue weighted by molar-refractivity contribution is 5.74. The summed E-state index contributed by atoms with van der Waals surface area (Å²) in [6, 6.07) is 19.1. The standard InChI is InChI=1S/C23H25N3/c1-6-19-21(24-5)26-20-15-11-10-14-18(20)23(3,4)16(2)22(26)25(19)17-12-8-7-9-13-17/h6-16,22H,1,5H2,2-4H3. The highest BCUT2D eigenvalue weighted by atomic mass is 15.5. The lowest BCUT2D eigenvalue weighted by Crippen LogP contribution is -2.55. The highest BCUT2D eigenvalue weighted by Crippen LogP contribution is 2.52. The summed E-state index contributed by atoms with van der Waals surface area (Å²) in [7, 11) is 0. The summed E-state index contributed by atoms with van der Waals surface area (Å²) in [4.78, 5) is 9.12. The fourth-order valence-corrected chi connectivity index (χ4v) is 4.39. The molecule has 2 atom stereocenters. The number of benzene rings is 2. The van der Waals surface area contributed by atoms with Gasteiger partial charge in [0.2, 0.25) is 0 Å². The van der Waals surface area contributed by atoms with Gasteiger partial charge in [-0.25, -0.2) is 4.99 Å². The van der Waals surface area contributed by atoms with E-state index in [2.05, 4.69) is 97.4 Å². The number of aliphatic imine (C=N–C) groups is 1. The summed E-state index contributed by atoms with van der Waals surface area (Å²) in [5, 5.41) is 0. The lowest BCUT2D eigenvalue weighted by atomic mass is 9.69. The van der Waals surface area contributed by atoms with E-state index in [1.54, 1.807) is 0 Å². The van der Waals surface area contributed by atoms with E-state index in [-0.39, 0.29) is 11.6 Å². The topological polar surface area (TPSA) is 18.8 Å². The first-order valence-electron chi connectivity index (χ1n) is 9.08. The van der Waals surface area contributed by atoms with E-state index in [4.69, 9.17) is 0 Å². The number of para-hydroxylation sites is 2. The maximum Gasteiger partial charge on any atom is 0.158 e. The van der Waals surface area contributed by atoms with Gasteiger partial charge in [-0.3, -0.25) is 0 Å². The van der Waals surface area contributed by atoms with Gasteiger partial charge >= 0.3 is 0 Å². The second-order valence-corrected chi connectivity index (χ2v) is 7.59. The molecule has 2 unspecified atom stereocenters. The van der Waals surface area contributed by atoms with Crippen LogP contribution in [0.3, 0.4) is 0 Å². The summed E-state index contributed by atoms with van der Waals surface area (Å²) in [6.45, 7) is 15.0. The van der Waals surface area contributed by atoms with Gasteiger partial charge in [0.1, 0.15) is 6.17 Å². The summed E-state index contributed by atoms with van der Waals surface area (Å²) in [5.74, 6) is 1.25. The van der Waals surface area contributed by atoms with Gasteiger partial charge in [0.25, 0.3) is 0 Å². The van der Waals surface area contributed by atoms with Crippen molar-refractivity contribution in [2.45, 2.75) is 32.4 Å². The average Bonchev–Trinajstić information content (AvgIpc) is 3.01. The minimum Gasteiger partial charge on any atom is -0.317 e. The maximum atomic E-state index is 4.42. The Bertz CT molecular complexity index is 895. The summed E-state index contributed by atoms with van der Waals surface area (Å²) in [5.41, 5.74) is 4.76. The zero-order valence-electron chi connectivity index (χ0n) is 15.7. The lowest BCUT2D eigenvalue weighted by Gasteiger charge is -2.50. The van der Waals surface area contributed by atoms with E-state index >= 15 is 0 Å². The van der Waals surface area contributed by atoms with Gasteiger partial charge in [-0.05, 0) is 42.0 Å². The molecule has 0 bridgehead atoms. The molecule has 0 fully saturated rings. The van der Waals surface area contributed by atoms with Gasteiger partial charge in [0.05, 0.1) is 5.70 Å². The number of hydrogen-bond acceptors (Lipinski definition) is 3. The minimum absolute atomic E-state index is 0.0354. The Morgan fingerprint density at radius 2 is 1.65 bits per heavy atom. The predicted molar refractivity (Wildman–Crippen MR) is 111 cm³/mol. The van der Waals surface area contributed by atoms with Crippen molar-refractivity contribution in [2.24, 2.45) is 10.9 Å². The summed E-state index contributed by atoms with van der Waals surface area (Å²) >= 11 is 0. The van der Waals surface area contributed by atoms with Crippen molar-refractivity contribution in [2.75, 3.05) is 9.80 Å². The summed E-state index contributed by atoms with van der Waals surface area (Å²) in [6.07, 6.45) is 2.04. The molecule has 3 nitrogen and oxygen atoms in total. The molecule has 0 saturated heterocycles. The van der Waals surface area contributed by atoms with Crippen molar-refractivity contribution < 1.29 is 0 Å². The van der Waals surface area contributed by atoms with Crippen LogP contribution < -0.4 is 9.80 Å². The van der Waals surface area contributed by atoms with E-state index in [9.17, 15) is 0 Å². The number of nitrogens with zero attached hydrogens (tertiary/aromatic N) is 3. The third-order valence-electron chi connectivity index (χ3n) is 6.07. The van der Waals surface area contributed by atoms with Crippen molar-refractivity contribution in [3.05, 3.63) is 84.3 Å². The smallest absolute Gasteiger partial charge is 0.158 e. The van der Waals surface area contributed by atoms with E-state index < -0.39 is 0 Å². The SMILES string of the molecule is C=CC1=C(N=C)N2c3ccccc3C(C)(C)C(C)C2N1c1ccccc1. The largest absolute Gasteiger partial charge is 0.317 e. The number of anilines is 2. The second kappa shape index (κ2) is 5.87. The molecule has 2 aromatic carbocycles. The number of fused-ring (bicyclic) bond motifs is 3. The lowest BCUT2D eigenvalue weighted by molar-refractivity contribution is 0.275. The third-order valence-corrected chi connectivity index (χ3v) is 6.07. The molecule has 0 aromatic heterocycles. The first-order valence-corrected chi connectivity index (χ1v) is 9.08. The Hall–Kier alpha value is -2.81. The van der Waals surface area contributed by atoms with Gasteiger partial charge in [-0.2, -0.15) is 0 Å². The number of hydrogen-bond donors (Lipinski definition) is 0. The molecule has 4 rings (SSSR count). The monoisotopic (exact) mass is 343 g/mol. The van der Waals surface area contributed by atoms with Crippen LogP contribution in [-0.2, 0) is 5.41 Å². The van der Waals surface area contributed by atoms with Crippen molar-refractivity contribution in [3.8, 4) is 0 Å². The van der Waals surface area contributed by atoms with Crippen LogP contribution in [0.25, 0.3) is 0 Å². The quantitative estimate of drug-likeness (QED) is 0.702. The minimum atomic E-state index is 0.0354. The van der Waals surface area contributed by atoms with Gasteiger partial charge in [-0.15, -0.1) is 0 Å². The van der Waals surface area contributed by atoms with Crippen molar-refractivity contribution in [1.29, 1.82) is 0 Å². The fraction of sp³-hybridized carbons (Fsp3) is 0.261. The van der Waals surface area contributed by atoms with Gasteiger partial charge in [-0.1, -0.05) is 63.7 Å². The molecule has 2 aromatic rings. The van der Waals surface area contributed by atoms with Gasteiger partial charge in [0, 0.05) is 17.3 Å². The molecule has 3 heteroatoms. The van der Waals surface area contributed by atoms with Crippen LogP contribution in [0.15, 0.2) is 83.8 Å². The Kier molecular flexibility index (Phi) is 3.76. The summed E-state index contributed by atoms with van der Waals surface area (Å²) < 4.78 is 0. The van der Waals surface area contributed by atoms with Crippen LogP contribution in [0.1, 0.15) is 26.3 Å². The molecule has 132 valence electrons. The Morgan fingerprint density at radius 3 is 2.31 bits per heavy atom. The van der Waals surface area contributed by atoms with Crippen molar-refractivity contribution in [1.82, 2.24) is 0 Å². The molecule has 0 radical (unpaired) electrons. The van der Waals surface area contributed by atoms with Gasteiger partial charge in [0.15, 0.2) is 5.82 Å². The molecule has 2 aliphatic heterocycles. The normalized spacial score (nSPS) is 23.5. The second-order valence-electron chi connectivity index (χ2n) is 7.59. The van der Waals surface area contributed by atoms with E-state index in [1.807, 2.05) is 12.1 Å². The number of allylic oxidation sites excluding steroid dienone is 1. The molecule has 2 heterocycles. The molecular formula is C23H25N3. The number of rotatable bonds is 3. The molecule has 0 saturated carbocycles. The molecule has 0 spiro atoms. The first kappa shape index (κ1) is 16.6. The fourth-order valence-electron chi connectivity index (χ4n) is 4.39. The zero-order valence-corrected chi connectivity index (χ0v) is 15.7. The van der Waals surface area contributed by atoms with Crippen LogP contribution in [-0.4, -0.2) is 12.9 Å². The van der Waals surface area contributed by atoms with Crippen LogP contribution in [0.4, 0.5) is 11.4 Å². The highest BCUT2D eigenvalue weighted by Gasteiger charge is 2.51. The van der Waals surface area contributed by atoms with Crippen LogP contribution in [0, 0.1) is 5.92 Å². The molecule has 0 N–H and O–H groups in total. The molecule has 0 aliphatic carbocycles. The maximum absolute atomic E-state index is 4.42. The van der Waals surface area contributed by atoms with Gasteiger partial charge < -0.3 is 9.80 Å². The van der Waals surface area contributed by atoms with Crippen molar-refractivity contribution in [3.63, 3.8) is 0 Å². The van der Waals surface area contributed by atoms with E-state index in [1.165, 1.54) is 11.3 Å². The van der Waals surface area contributed by atoms with Crippen molar-refractivity contribution >= 4 is 18.1 Å². The Balaban J connectivity index is 2.00. The third kappa shape index (κ3) is 2.10. The zero-order chi connectivity index (χ0) is 18.5. The predicted octanol–water partition coefficient (Wildman–Crippen LogP) is 5.32. The molecule has 2 aliphatic rings. The molecule has 26 heavy (non-hydrogen) atoms. The van der Waals surface area contributed by atoms with Crippen LogP contribution in [0.5, 0.6) is 0 Å². The van der Waals surface area contributed by atoms with E-state index in [0.29, 0.717) is 5.92 Å². The first-order chi connectivity index (χ1) is 12.5. The molecule has 0 amide bonds. The Morgan fingerprint density at radius 1 is 1.00 bits per heavy atom. The van der Waals surface area contributed by atoms with E-state index in [0.717, 1.165) is 17.2 Å². The van der Waals surface area contributed by atoms with Crippen LogP contribution in [0.2, 0.25) is 0 Å². The molecular weight excluding hydrogens is 318 g/mol. The Labute approximate surface area is 156 Å².